The van der Waals surface area contributed by atoms with E-state index in [2.05, 4.69) is 12.1 Å². The summed E-state index contributed by atoms with van der Waals surface area (Å²) in [6, 6.07) is 8.43. The van der Waals surface area contributed by atoms with E-state index in [1.54, 1.807) is 7.11 Å². The molecular weight excluding hydrogens is 310 g/mol. The first-order valence-corrected chi connectivity index (χ1v) is 10.2. The largest absolute Gasteiger partial charge is 0.497 e. The van der Waals surface area contributed by atoms with Crippen LogP contribution < -0.4 is 4.74 Å². The predicted octanol–water partition coefficient (Wildman–Crippen LogP) is 5.37. The van der Waals surface area contributed by atoms with Gasteiger partial charge in [0.1, 0.15) is 5.75 Å². The molecule has 1 aromatic carbocycles. The molecule has 3 heteroatoms. The highest BCUT2D eigenvalue weighted by atomic mass is 16.5. The quantitative estimate of drug-likeness (QED) is 0.477. The van der Waals surface area contributed by atoms with Gasteiger partial charge in [0, 0.05) is 19.5 Å². The maximum absolute atomic E-state index is 11.9. The molecule has 0 bridgehead atoms. The molecule has 0 radical (unpaired) electrons. The summed E-state index contributed by atoms with van der Waals surface area (Å²) in [7, 11) is 1.71. The second-order valence-corrected chi connectivity index (χ2v) is 7.26. The van der Waals surface area contributed by atoms with Crippen LogP contribution in [-0.2, 0) is 11.2 Å². The lowest BCUT2D eigenvalue weighted by Gasteiger charge is -2.14. The average molecular weight is 346 g/mol. The molecule has 1 amide bonds. The van der Waals surface area contributed by atoms with Crippen LogP contribution in [0.25, 0.3) is 0 Å². The van der Waals surface area contributed by atoms with Crippen molar-refractivity contribution >= 4 is 5.91 Å². The van der Waals surface area contributed by atoms with Crippen LogP contribution >= 0.6 is 0 Å². The molecule has 3 nitrogen and oxygen atoms in total. The summed E-state index contributed by atoms with van der Waals surface area (Å²) in [5.41, 5.74) is 1.41. The van der Waals surface area contributed by atoms with Crippen LogP contribution in [-0.4, -0.2) is 31.0 Å². The van der Waals surface area contributed by atoms with Gasteiger partial charge in [0.05, 0.1) is 7.11 Å². The maximum atomic E-state index is 11.9. The van der Waals surface area contributed by atoms with E-state index in [0.717, 1.165) is 31.7 Å². The van der Waals surface area contributed by atoms with E-state index >= 15 is 0 Å². The molecule has 0 aromatic heterocycles. The SMILES string of the molecule is COc1ccc(CCCCCCCCCCC(=O)N2CCCC2)cc1. The fourth-order valence-corrected chi connectivity index (χ4v) is 3.58. The van der Waals surface area contributed by atoms with Crippen molar-refractivity contribution in [2.45, 2.75) is 77.0 Å². The fourth-order valence-electron chi connectivity index (χ4n) is 3.58. The summed E-state index contributed by atoms with van der Waals surface area (Å²) in [6.07, 6.45) is 14.5. The van der Waals surface area contributed by atoms with Crippen molar-refractivity contribution in [3.8, 4) is 5.75 Å². The van der Waals surface area contributed by atoms with E-state index in [1.165, 1.54) is 69.8 Å². The molecule has 140 valence electrons. The third-order valence-electron chi connectivity index (χ3n) is 5.22. The molecule has 0 aliphatic carbocycles. The van der Waals surface area contributed by atoms with Crippen LogP contribution in [0.3, 0.4) is 0 Å². The van der Waals surface area contributed by atoms with E-state index in [9.17, 15) is 4.79 Å². The Kier molecular flexibility index (Phi) is 9.46. The Balaban J connectivity index is 1.37. The Morgan fingerprint density at radius 1 is 0.880 bits per heavy atom. The summed E-state index contributed by atoms with van der Waals surface area (Å²) in [6.45, 7) is 1.99. The Labute approximate surface area is 153 Å². The van der Waals surface area contributed by atoms with Crippen molar-refractivity contribution in [2.75, 3.05) is 20.2 Å². The second kappa shape index (κ2) is 11.9. The van der Waals surface area contributed by atoms with Crippen molar-refractivity contribution in [3.63, 3.8) is 0 Å². The van der Waals surface area contributed by atoms with Crippen molar-refractivity contribution in [2.24, 2.45) is 0 Å². The lowest BCUT2D eigenvalue weighted by Crippen LogP contribution is -2.27. The van der Waals surface area contributed by atoms with Gasteiger partial charge in [0.25, 0.3) is 0 Å². The fraction of sp³-hybridized carbons (Fsp3) is 0.682. The number of unbranched alkanes of at least 4 members (excludes halogenated alkanes) is 7. The number of ether oxygens (including phenoxy) is 1. The van der Waals surface area contributed by atoms with E-state index in [4.69, 9.17) is 4.74 Å². The highest BCUT2D eigenvalue weighted by molar-refractivity contribution is 5.76. The molecule has 1 saturated heterocycles. The smallest absolute Gasteiger partial charge is 0.222 e. The summed E-state index contributed by atoms with van der Waals surface area (Å²) in [5.74, 6) is 1.32. The number of hydrogen-bond acceptors (Lipinski definition) is 2. The van der Waals surface area contributed by atoms with Crippen molar-refractivity contribution in [1.82, 2.24) is 4.90 Å². The Bertz CT molecular complexity index is 477. The molecule has 1 aliphatic heterocycles. The average Bonchev–Trinajstić information content (AvgIpc) is 3.18. The number of likely N-dealkylation sites (tertiary alicyclic amines) is 1. The van der Waals surface area contributed by atoms with Gasteiger partial charge in [-0.1, -0.05) is 50.7 Å². The zero-order valence-corrected chi connectivity index (χ0v) is 16.0. The number of benzene rings is 1. The zero-order chi connectivity index (χ0) is 17.7. The highest BCUT2D eigenvalue weighted by Gasteiger charge is 2.16. The van der Waals surface area contributed by atoms with Crippen LogP contribution in [0.1, 0.15) is 76.2 Å². The van der Waals surface area contributed by atoms with Crippen molar-refractivity contribution in [3.05, 3.63) is 29.8 Å². The number of aryl methyl sites for hydroxylation is 1. The summed E-state index contributed by atoms with van der Waals surface area (Å²) >= 11 is 0. The zero-order valence-electron chi connectivity index (χ0n) is 16.0. The third-order valence-corrected chi connectivity index (χ3v) is 5.22. The van der Waals surface area contributed by atoms with Crippen LogP contribution in [0.4, 0.5) is 0 Å². The van der Waals surface area contributed by atoms with Crippen LogP contribution in [0.15, 0.2) is 24.3 Å². The van der Waals surface area contributed by atoms with Gasteiger partial charge in [-0.15, -0.1) is 0 Å². The van der Waals surface area contributed by atoms with Gasteiger partial charge >= 0.3 is 0 Å². The molecule has 0 saturated carbocycles. The first kappa shape index (κ1) is 19.8. The van der Waals surface area contributed by atoms with Gasteiger partial charge < -0.3 is 9.64 Å². The Morgan fingerprint density at radius 3 is 2.04 bits per heavy atom. The lowest BCUT2D eigenvalue weighted by atomic mass is 10.0. The lowest BCUT2D eigenvalue weighted by molar-refractivity contribution is -0.130. The van der Waals surface area contributed by atoms with Crippen LogP contribution in [0.2, 0.25) is 0 Å². The minimum absolute atomic E-state index is 0.385. The second-order valence-electron chi connectivity index (χ2n) is 7.26. The number of rotatable bonds is 12. The van der Waals surface area contributed by atoms with Crippen molar-refractivity contribution < 1.29 is 9.53 Å². The van der Waals surface area contributed by atoms with E-state index < -0.39 is 0 Å². The molecular formula is C22H35NO2. The molecule has 1 aliphatic rings. The topological polar surface area (TPSA) is 29.5 Å². The van der Waals surface area contributed by atoms with Gasteiger partial charge in [-0.05, 0) is 49.8 Å². The summed E-state index contributed by atoms with van der Waals surface area (Å²) in [5, 5.41) is 0. The number of hydrogen-bond donors (Lipinski definition) is 0. The van der Waals surface area contributed by atoms with Gasteiger partial charge in [-0.2, -0.15) is 0 Å². The number of carbonyl (C=O) groups excluding carboxylic acids is 1. The van der Waals surface area contributed by atoms with Gasteiger partial charge in [0.15, 0.2) is 0 Å². The molecule has 2 rings (SSSR count). The van der Waals surface area contributed by atoms with Gasteiger partial charge in [0.2, 0.25) is 5.91 Å². The van der Waals surface area contributed by atoms with Crippen molar-refractivity contribution in [1.29, 1.82) is 0 Å². The molecule has 0 spiro atoms. The molecule has 1 fully saturated rings. The first-order valence-electron chi connectivity index (χ1n) is 10.2. The summed E-state index contributed by atoms with van der Waals surface area (Å²) < 4.78 is 5.18. The first-order chi connectivity index (χ1) is 12.3. The number of carbonyl (C=O) groups is 1. The van der Waals surface area contributed by atoms with Crippen LogP contribution in [0, 0.1) is 0 Å². The van der Waals surface area contributed by atoms with Gasteiger partial charge in [-0.3, -0.25) is 4.79 Å². The predicted molar refractivity (Wildman–Crippen MR) is 104 cm³/mol. The molecule has 0 N–H and O–H groups in total. The Hall–Kier alpha value is -1.51. The third kappa shape index (κ3) is 7.94. The minimum atomic E-state index is 0.385. The monoisotopic (exact) mass is 345 g/mol. The maximum Gasteiger partial charge on any atom is 0.222 e. The molecule has 0 atom stereocenters. The Morgan fingerprint density at radius 2 is 1.44 bits per heavy atom. The number of amides is 1. The van der Waals surface area contributed by atoms with E-state index in [1.807, 2.05) is 17.0 Å². The van der Waals surface area contributed by atoms with Gasteiger partial charge in [-0.25, -0.2) is 0 Å². The standard InChI is InChI=1S/C22H35NO2/c1-25-21-16-14-20(15-17-21)12-8-6-4-2-3-5-7-9-13-22(24)23-18-10-11-19-23/h14-17H,2-13,18-19H2,1H3. The number of methoxy groups -OCH3 is 1. The normalized spacial score (nSPS) is 14.0. The molecule has 0 unspecified atom stereocenters. The molecule has 25 heavy (non-hydrogen) atoms. The van der Waals surface area contributed by atoms with Crippen LogP contribution in [0.5, 0.6) is 5.75 Å². The highest BCUT2D eigenvalue weighted by Crippen LogP contribution is 2.16. The minimum Gasteiger partial charge on any atom is -0.497 e. The molecule has 1 aromatic rings. The summed E-state index contributed by atoms with van der Waals surface area (Å²) in [4.78, 5) is 14.0. The number of nitrogens with zero attached hydrogens (tertiary/aromatic N) is 1. The molecule has 1 heterocycles. The van der Waals surface area contributed by atoms with E-state index in [-0.39, 0.29) is 0 Å². The van der Waals surface area contributed by atoms with E-state index in [0.29, 0.717) is 5.91 Å².